The van der Waals surface area contributed by atoms with Crippen LogP contribution in [0.2, 0.25) is 0 Å². The highest BCUT2D eigenvalue weighted by atomic mass is 16.2. The number of Topliss-reactive ketones (excluding diaryl/α,β-unsaturated/α-hetero) is 1. The third-order valence-electron chi connectivity index (χ3n) is 4.30. The van der Waals surface area contributed by atoms with Crippen molar-refractivity contribution in [2.24, 2.45) is 0 Å². The molecular weight excluding hydrogens is 300 g/mol. The van der Waals surface area contributed by atoms with E-state index < -0.39 is 0 Å². The van der Waals surface area contributed by atoms with Crippen molar-refractivity contribution in [1.29, 1.82) is 0 Å². The maximum absolute atomic E-state index is 13.1. The second-order valence-corrected chi connectivity index (χ2v) is 5.73. The van der Waals surface area contributed by atoms with Gasteiger partial charge in [0.1, 0.15) is 0 Å². The molecule has 1 heterocycles. The van der Waals surface area contributed by atoms with Gasteiger partial charge in [0, 0.05) is 17.7 Å². The zero-order valence-corrected chi connectivity index (χ0v) is 13.2. The highest BCUT2D eigenvalue weighted by molar-refractivity contribution is 6.32. The van der Waals surface area contributed by atoms with Crippen LogP contribution in [0, 0.1) is 0 Å². The summed E-state index contributed by atoms with van der Waals surface area (Å²) in [4.78, 5) is 25.7. The predicted molar refractivity (Wildman–Crippen MR) is 92.9 cm³/mol. The van der Waals surface area contributed by atoms with Crippen molar-refractivity contribution in [1.82, 2.24) is 10.6 Å². The van der Waals surface area contributed by atoms with Crippen LogP contribution in [0.4, 0.5) is 0 Å². The van der Waals surface area contributed by atoms with Gasteiger partial charge in [0.2, 0.25) is 0 Å². The molecule has 1 amide bonds. The summed E-state index contributed by atoms with van der Waals surface area (Å²) < 4.78 is 0. The number of rotatable bonds is 3. The number of nitrogens with one attached hydrogen (secondary N) is 2. The van der Waals surface area contributed by atoms with Crippen molar-refractivity contribution in [2.45, 2.75) is 6.92 Å². The number of benzene rings is 2. The molecule has 0 unspecified atom stereocenters. The molecule has 2 aromatic rings. The Bertz CT molecular complexity index is 924. The van der Waals surface area contributed by atoms with Gasteiger partial charge in [-0.1, -0.05) is 54.6 Å². The Hall–Kier alpha value is -3.14. The molecule has 24 heavy (non-hydrogen) atoms. The van der Waals surface area contributed by atoms with E-state index in [9.17, 15) is 9.59 Å². The second kappa shape index (κ2) is 5.49. The lowest BCUT2D eigenvalue weighted by atomic mass is 9.84. The smallest absolute Gasteiger partial charge is 0.258 e. The van der Waals surface area contributed by atoms with Gasteiger partial charge in [-0.15, -0.1) is 0 Å². The Labute approximate surface area is 139 Å². The number of carbonyl (C=O) groups is 2. The molecule has 0 aromatic heterocycles. The van der Waals surface area contributed by atoms with Crippen LogP contribution in [0.5, 0.6) is 0 Å². The maximum Gasteiger partial charge on any atom is 0.258 e. The second-order valence-electron chi connectivity index (χ2n) is 5.73. The molecular formula is C20H16N2O2. The lowest BCUT2D eigenvalue weighted by Crippen LogP contribution is -2.25. The molecule has 4 heteroatoms. The summed E-state index contributed by atoms with van der Waals surface area (Å²) in [5.41, 5.74) is 4.46. The van der Waals surface area contributed by atoms with E-state index in [1.54, 1.807) is 0 Å². The van der Waals surface area contributed by atoms with Crippen molar-refractivity contribution in [2.75, 3.05) is 6.54 Å². The Morgan fingerprint density at radius 3 is 2.25 bits per heavy atom. The topological polar surface area (TPSA) is 58.2 Å². The monoisotopic (exact) mass is 316 g/mol. The number of fused-ring (bicyclic) bond motifs is 2. The number of carbonyl (C=O) groups excluding carboxylic acids is 2. The summed E-state index contributed by atoms with van der Waals surface area (Å²) in [6.45, 7) is 2.64. The highest BCUT2D eigenvalue weighted by Gasteiger charge is 2.40. The molecule has 0 spiro atoms. The largest absolute Gasteiger partial charge is 0.384 e. The highest BCUT2D eigenvalue weighted by Crippen LogP contribution is 2.39. The van der Waals surface area contributed by atoms with E-state index in [0.29, 0.717) is 29.0 Å². The van der Waals surface area contributed by atoms with E-state index in [4.69, 9.17) is 0 Å². The van der Waals surface area contributed by atoms with Gasteiger partial charge in [-0.05, 0) is 12.5 Å². The minimum atomic E-state index is -0.234. The zero-order valence-electron chi connectivity index (χ0n) is 13.2. The van der Waals surface area contributed by atoms with Crippen LogP contribution in [-0.4, -0.2) is 18.2 Å². The van der Waals surface area contributed by atoms with Crippen LogP contribution in [-0.2, 0) is 4.79 Å². The fourth-order valence-corrected chi connectivity index (χ4v) is 3.29. The lowest BCUT2D eigenvalue weighted by Gasteiger charge is -2.21. The van der Waals surface area contributed by atoms with Crippen LogP contribution in [0.1, 0.15) is 28.4 Å². The normalized spacial score (nSPS) is 16.0. The maximum atomic E-state index is 13.1. The van der Waals surface area contributed by atoms with E-state index in [-0.39, 0.29) is 11.7 Å². The van der Waals surface area contributed by atoms with Gasteiger partial charge >= 0.3 is 0 Å². The number of ketones is 1. The predicted octanol–water partition coefficient (Wildman–Crippen LogP) is 2.74. The van der Waals surface area contributed by atoms with Crippen LogP contribution in [0.25, 0.3) is 11.4 Å². The van der Waals surface area contributed by atoms with Crippen molar-refractivity contribution in [3.8, 4) is 0 Å². The van der Waals surface area contributed by atoms with Crippen molar-refractivity contribution < 1.29 is 9.59 Å². The van der Waals surface area contributed by atoms with Gasteiger partial charge in [0.15, 0.2) is 5.78 Å². The van der Waals surface area contributed by atoms with Gasteiger partial charge in [-0.3, -0.25) is 9.59 Å². The fourth-order valence-electron chi connectivity index (χ4n) is 3.29. The van der Waals surface area contributed by atoms with Crippen LogP contribution < -0.4 is 10.6 Å². The number of amides is 1. The van der Waals surface area contributed by atoms with Gasteiger partial charge < -0.3 is 10.6 Å². The average Bonchev–Trinajstić information content (AvgIpc) is 2.97. The van der Waals surface area contributed by atoms with Crippen LogP contribution in [0.15, 0.2) is 65.7 Å². The Morgan fingerprint density at radius 2 is 1.54 bits per heavy atom. The summed E-state index contributed by atoms with van der Waals surface area (Å²) in [7, 11) is 0. The van der Waals surface area contributed by atoms with Gasteiger partial charge in [-0.25, -0.2) is 0 Å². The minimum Gasteiger partial charge on any atom is -0.384 e. The van der Waals surface area contributed by atoms with E-state index >= 15 is 0 Å². The molecule has 2 aromatic carbocycles. The standard InChI is InChI=1S/C20H16N2O2/c1-2-21-18-13-10-6-7-11-14(13)19(23)15-16(18)20(24)22-17(15)12-8-4-3-5-9-12/h3-11,21H,2H2,1H3,(H,22,24). The Balaban J connectivity index is 2.03. The third-order valence-corrected chi connectivity index (χ3v) is 4.30. The zero-order chi connectivity index (χ0) is 16.7. The molecule has 0 radical (unpaired) electrons. The Morgan fingerprint density at radius 1 is 0.875 bits per heavy atom. The molecule has 2 N–H and O–H groups in total. The molecule has 4 nitrogen and oxygen atoms in total. The molecule has 118 valence electrons. The minimum absolute atomic E-state index is 0.112. The molecule has 0 atom stereocenters. The van der Waals surface area contributed by atoms with E-state index in [1.807, 2.05) is 61.5 Å². The van der Waals surface area contributed by atoms with Gasteiger partial charge in [0.25, 0.3) is 5.91 Å². The quantitative estimate of drug-likeness (QED) is 0.915. The average molecular weight is 316 g/mol. The fraction of sp³-hybridized carbons (Fsp3) is 0.100. The summed E-state index contributed by atoms with van der Waals surface area (Å²) in [5, 5.41) is 6.16. The molecule has 0 saturated carbocycles. The summed E-state index contributed by atoms with van der Waals surface area (Å²) in [6.07, 6.45) is 0. The first kappa shape index (κ1) is 14.5. The molecule has 4 rings (SSSR count). The number of hydrogen-bond acceptors (Lipinski definition) is 3. The molecule has 1 aliphatic heterocycles. The van der Waals surface area contributed by atoms with Crippen molar-refractivity contribution in [3.63, 3.8) is 0 Å². The van der Waals surface area contributed by atoms with Gasteiger partial charge in [0.05, 0.1) is 22.5 Å². The SMILES string of the molecule is CCNC1=C2C(=O)NC(c3ccccc3)=C2C(=O)c2ccccc21. The summed E-state index contributed by atoms with van der Waals surface area (Å²) >= 11 is 0. The molecule has 0 fully saturated rings. The van der Waals surface area contributed by atoms with Crippen molar-refractivity contribution in [3.05, 3.63) is 82.4 Å². The number of hydrogen-bond donors (Lipinski definition) is 2. The van der Waals surface area contributed by atoms with E-state index in [1.165, 1.54) is 0 Å². The molecule has 2 aliphatic rings. The van der Waals surface area contributed by atoms with E-state index in [2.05, 4.69) is 10.6 Å². The van der Waals surface area contributed by atoms with Crippen LogP contribution in [0.3, 0.4) is 0 Å². The van der Waals surface area contributed by atoms with Crippen molar-refractivity contribution >= 4 is 23.1 Å². The Kier molecular flexibility index (Phi) is 3.31. The first-order valence-electron chi connectivity index (χ1n) is 7.96. The van der Waals surface area contributed by atoms with E-state index in [0.717, 1.165) is 16.8 Å². The summed E-state index contributed by atoms with van der Waals surface area (Å²) in [6, 6.07) is 16.9. The molecule has 0 bridgehead atoms. The first-order chi connectivity index (χ1) is 11.7. The summed E-state index contributed by atoms with van der Waals surface area (Å²) in [5.74, 6) is -0.345. The molecule has 0 saturated heterocycles. The van der Waals surface area contributed by atoms with Gasteiger partial charge in [-0.2, -0.15) is 0 Å². The third kappa shape index (κ3) is 2.00. The van der Waals surface area contributed by atoms with Crippen LogP contribution >= 0.6 is 0 Å². The lowest BCUT2D eigenvalue weighted by molar-refractivity contribution is -0.115. The first-order valence-corrected chi connectivity index (χ1v) is 7.96. The molecule has 1 aliphatic carbocycles.